The van der Waals surface area contributed by atoms with Gasteiger partial charge in [0.05, 0.1) is 5.56 Å². The number of nitrogens with zero attached hydrogens (tertiary/aromatic N) is 2. The predicted octanol–water partition coefficient (Wildman–Crippen LogP) is 1.91. The zero-order chi connectivity index (χ0) is 14.0. The summed E-state index contributed by atoms with van der Waals surface area (Å²) in [6.07, 6.45) is 4.38. The van der Waals surface area contributed by atoms with E-state index in [1.807, 2.05) is 13.8 Å². The van der Waals surface area contributed by atoms with Crippen LogP contribution in [0, 0.1) is 5.82 Å². The highest BCUT2D eigenvalue weighted by atomic mass is 19.1. The van der Waals surface area contributed by atoms with Crippen molar-refractivity contribution in [3.05, 3.63) is 23.6 Å². The second-order valence-electron chi connectivity index (χ2n) is 5.01. The number of nitrogens with one attached hydrogen (secondary N) is 1. The lowest BCUT2D eigenvalue weighted by atomic mass is 9.96. The van der Waals surface area contributed by atoms with Crippen molar-refractivity contribution in [3.63, 3.8) is 0 Å². The van der Waals surface area contributed by atoms with Gasteiger partial charge in [0.2, 0.25) is 0 Å². The minimum absolute atomic E-state index is 0.0172. The smallest absolute Gasteiger partial charge is 0.257 e. The number of carbonyl (C=O) groups is 1. The lowest BCUT2D eigenvalue weighted by molar-refractivity contribution is 0.0506. The molecule has 0 radical (unpaired) electrons. The topological polar surface area (TPSA) is 71.2 Å². The molecule has 104 valence electrons. The molecule has 1 aromatic heterocycles. The number of halogens is 1. The average Bonchev–Trinajstić information content (AvgIpc) is 2.38. The number of hydrogen-bond acceptors (Lipinski definition) is 4. The van der Waals surface area contributed by atoms with Crippen molar-refractivity contribution >= 4 is 11.7 Å². The number of rotatable bonds is 2. The van der Waals surface area contributed by atoms with Crippen LogP contribution in [-0.2, 0) is 0 Å². The fourth-order valence-corrected chi connectivity index (χ4v) is 2.67. The number of nitrogens with two attached hydrogens (primary N) is 1. The first-order valence-corrected chi connectivity index (χ1v) is 6.50. The number of pyridine rings is 1. The van der Waals surface area contributed by atoms with Crippen molar-refractivity contribution in [2.45, 2.75) is 45.2 Å². The minimum Gasteiger partial charge on any atom is -0.333 e. The highest BCUT2D eigenvalue weighted by molar-refractivity contribution is 5.95. The molecule has 0 saturated carbocycles. The van der Waals surface area contributed by atoms with Gasteiger partial charge in [0, 0.05) is 18.3 Å². The third kappa shape index (κ3) is 2.53. The SMILES string of the molecule is C[C@@H]1CCC[C@H](C)N1C(=O)c1ccnc(NN)c1F. The van der Waals surface area contributed by atoms with Gasteiger partial charge in [-0.1, -0.05) is 0 Å². The number of carbonyl (C=O) groups excluding carboxylic acids is 1. The lowest BCUT2D eigenvalue weighted by Crippen LogP contribution is -2.47. The molecular weight excluding hydrogens is 247 g/mol. The van der Waals surface area contributed by atoms with Crippen LogP contribution in [0.25, 0.3) is 0 Å². The molecule has 5 nitrogen and oxygen atoms in total. The number of hydrazine groups is 1. The van der Waals surface area contributed by atoms with Crippen LogP contribution in [0.5, 0.6) is 0 Å². The van der Waals surface area contributed by atoms with Gasteiger partial charge in [-0.05, 0) is 39.2 Å². The fraction of sp³-hybridized carbons (Fsp3) is 0.538. The Morgan fingerprint density at radius 2 is 2.11 bits per heavy atom. The van der Waals surface area contributed by atoms with E-state index in [1.165, 1.54) is 12.3 Å². The van der Waals surface area contributed by atoms with E-state index >= 15 is 0 Å². The number of likely N-dealkylation sites (tertiary alicyclic amines) is 1. The predicted molar refractivity (Wildman–Crippen MR) is 70.9 cm³/mol. The molecule has 6 heteroatoms. The Hall–Kier alpha value is -1.69. The van der Waals surface area contributed by atoms with Gasteiger partial charge in [-0.2, -0.15) is 0 Å². The van der Waals surface area contributed by atoms with Crippen LogP contribution in [0.3, 0.4) is 0 Å². The Bertz CT molecular complexity index is 470. The Kier molecular flexibility index (Phi) is 3.99. The number of anilines is 1. The molecule has 2 heterocycles. The number of piperidine rings is 1. The van der Waals surface area contributed by atoms with Crippen molar-refractivity contribution in [1.29, 1.82) is 0 Å². The van der Waals surface area contributed by atoms with Gasteiger partial charge < -0.3 is 10.3 Å². The van der Waals surface area contributed by atoms with Crippen molar-refractivity contribution in [3.8, 4) is 0 Å². The molecule has 1 aromatic rings. The summed E-state index contributed by atoms with van der Waals surface area (Å²) in [5.74, 6) is 4.08. The summed E-state index contributed by atoms with van der Waals surface area (Å²) in [6.45, 7) is 3.99. The lowest BCUT2D eigenvalue weighted by Gasteiger charge is -2.39. The van der Waals surface area contributed by atoms with Crippen LogP contribution in [0.2, 0.25) is 0 Å². The standard InChI is InChI=1S/C13H19FN4O/c1-8-4-3-5-9(2)18(8)13(19)10-6-7-16-12(17-15)11(10)14/h6-9H,3-5,15H2,1-2H3,(H,16,17)/t8-,9+. The number of hydrogen-bond donors (Lipinski definition) is 2. The van der Waals surface area contributed by atoms with Crippen LogP contribution < -0.4 is 11.3 Å². The molecular formula is C13H19FN4O. The second kappa shape index (κ2) is 5.52. The molecule has 0 unspecified atom stereocenters. The van der Waals surface area contributed by atoms with Crippen molar-refractivity contribution in [2.75, 3.05) is 5.43 Å². The Labute approximate surface area is 112 Å². The summed E-state index contributed by atoms with van der Waals surface area (Å²) >= 11 is 0. The summed E-state index contributed by atoms with van der Waals surface area (Å²) in [5, 5.41) is 0. The van der Waals surface area contributed by atoms with Crippen molar-refractivity contribution in [1.82, 2.24) is 9.88 Å². The van der Waals surface area contributed by atoms with E-state index in [0.717, 1.165) is 19.3 Å². The van der Waals surface area contributed by atoms with E-state index < -0.39 is 5.82 Å². The average molecular weight is 266 g/mol. The first-order chi connectivity index (χ1) is 9.06. The maximum absolute atomic E-state index is 14.1. The Morgan fingerprint density at radius 3 is 2.68 bits per heavy atom. The Balaban J connectivity index is 2.33. The molecule has 0 spiro atoms. The molecule has 1 fully saturated rings. The summed E-state index contributed by atoms with van der Waals surface area (Å²) in [6, 6.07) is 1.64. The quantitative estimate of drug-likeness (QED) is 0.633. The summed E-state index contributed by atoms with van der Waals surface area (Å²) in [7, 11) is 0. The van der Waals surface area contributed by atoms with E-state index in [4.69, 9.17) is 5.84 Å². The molecule has 1 saturated heterocycles. The van der Waals surface area contributed by atoms with E-state index in [9.17, 15) is 9.18 Å². The maximum atomic E-state index is 14.1. The highest BCUT2D eigenvalue weighted by Crippen LogP contribution is 2.26. The zero-order valence-electron chi connectivity index (χ0n) is 11.2. The first kappa shape index (κ1) is 13.7. The summed E-state index contributed by atoms with van der Waals surface area (Å²) < 4.78 is 14.1. The molecule has 1 aliphatic heterocycles. The van der Waals surface area contributed by atoms with Gasteiger partial charge in [0.1, 0.15) is 0 Å². The normalized spacial score (nSPS) is 23.3. The van der Waals surface area contributed by atoms with Gasteiger partial charge in [-0.3, -0.25) is 4.79 Å². The van der Waals surface area contributed by atoms with Crippen LogP contribution in [0.15, 0.2) is 12.3 Å². The summed E-state index contributed by atoms with van der Waals surface area (Å²) in [5.41, 5.74) is 2.18. The van der Waals surface area contributed by atoms with E-state index in [1.54, 1.807) is 4.90 Å². The van der Waals surface area contributed by atoms with Crippen molar-refractivity contribution < 1.29 is 9.18 Å². The molecule has 1 amide bonds. The van der Waals surface area contributed by atoms with Crippen molar-refractivity contribution in [2.24, 2.45) is 5.84 Å². The highest BCUT2D eigenvalue weighted by Gasteiger charge is 2.31. The van der Waals surface area contributed by atoms with Gasteiger partial charge in [0.15, 0.2) is 11.6 Å². The number of aromatic nitrogens is 1. The van der Waals surface area contributed by atoms with Gasteiger partial charge >= 0.3 is 0 Å². The minimum atomic E-state index is -0.694. The molecule has 2 rings (SSSR count). The number of amides is 1. The van der Waals surface area contributed by atoms with Crippen LogP contribution in [-0.4, -0.2) is 27.9 Å². The van der Waals surface area contributed by atoms with Crippen LogP contribution >= 0.6 is 0 Å². The maximum Gasteiger partial charge on any atom is 0.257 e. The fourth-order valence-electron chi connectivity index (χ4n) is 2.67. The monoisotopic (exact) mass is 266 g/mol. The second-order valence-corrected chi connectivity index (χ2v) is 5.01. The van der Waals surface area contributed by atoms with Gasteiger partial charge in [-0.25, -0.2) is 15.2 Å². The third-order valence-corrected chi connectivity index (χ3v) is 3.68. The molecule has 1 aliphatic rings. The molecule has 0 aromatic carbocycles. The van der Waals surface area contributed by atoms with Crippen LogP contribution in [0.1, 0.15) is 43.5 Å². The van der Waals surface area contributed by atoms with E-state index in [0.29, 0.717) is 0 Å². The molecule has 19 heavy (non-hydrogen) atoms. The van der Waals surface area contributed by atoms with Crippen LogP contribution in [0.4, 0.5) is 10.2 Å². The molecule has 3 N–H and O–H groups in total. The number of nitrogen functional groups attached to an aromatic ring is 1. The molecule has 0 aliphatic carbocycles. The largest absolute Gasteiger partial charge is 0.333 e. The van der Waals surface area contributed by atoms with Gasteiger partial charge in [-0.15, -0.1) is 0 Å². The molecule has 0 bridgehead atoms. The zero-order valence-corrected chi connectivity index (χ0v) is 11.2. The Morgan fingerprint density at radius 1 is 1.47 bits per heavy atom. The van der Waals surface area contributed by atoms with Gasteiger partial charge in [0.25, 0.3) is 5.91 Å². The third-order valence-electron chi connectivity index (χ3n) is 3.68. The van der Waals surface area contributed by atoms with E-state index in [2.05, 4.69) is 10.4 Å². The summed E-state index contributed by atoms with van der Waals surface area (Å²) in [4.78, 5) is 18.0. The molecule has 2 atom stereocenters. The van der Waals surface area contributed by atoms with E-state index in [-0.39, 0.29) is 29.4 Å². The first-order valence-electron chi connectivity index (χ1n) is 6.50.